The molecular weight excluding hydrogens is 200 g/mol. The van der Waals surface area contributed by atoms with Crippen LogP contribution >= 0.6 is 0 Å². The fourth-order valence-corrected chi connectivity index (χ4v) is 1.56. The molecule has 4 nitrogen and oxygen atoms in total. The van der Waals surface area contributed by atoms with E-state index in [1.165, 1.54) is 0 Å². The van der Waals surface area contributed by atoms with Gasteiger partial charge in [0.05, 0.1) is 6.54 Å². The summed E-state index contributed by atoms with van der Waals surface area (Å²) in [5.74, 6) is 2.40. The van der Waals surface area contributed by atoms with Crippen LogP contribution in [-0.4, -0.2) is 36.0 Å². The zero-order valence-electron chi connectivity index (χ0n) is 10.9. The smallest absolute Gasteiger partial charge is 0.144 e. The molecule has 4 heteroatoms. The molecule has 0 aliphatic rings. The molecular formula is C12H22N4. The summed E-state index contributed by atoms with van der Waals surface area (Å²) in [5.41, 5.74) is 1.12. The average Bonchev–Trinajstić information content (AvgIpc) is 2.14. The summed E-state index contributed by atoms with van der Waals surface area (Å²) in [6.07, 6.45) is 0.998. The van der Waals surface area contributed by atoms with Crippen LogP contribution in [0.5, 0.6) is 0 Å². The summed E-state index contributed by atoms with van der Waals surface area (Å²) >= 11 is 0. The van der Waals surface area contributed by atoms with E-state index in [0.717, 1.165) is 30.3 Å². The molecule has 0 atom stereocenters. The van der Waals surface area contributed by atoms with E-state index in [9.17, 15) is 0 Å². The molecule has 16 heavy (non-hydrogen) atoms. The van der Waals surface area contributed by atoms with Gasteiger partial charge in [0, 0.05) is 18.8 Å². The van der Waals surface area contributed by atoms with Gasteiger partial charge in [-0.05, 0) is 26.4 Å². The summed E-state index contributed by atoms with van der Waals surface area (Å²) in [5, 5.41) is 3.08. The minimum absolute atomic E-state index is 0.617. The van der Waals surface area contributed by atoms with Crippen molar-refractivity contribution in [2.24, 2.45) is 5.92 Å². The van der Waals surface area contributed by atoms with Crippen molar-refractivity contribution < 1.29 is 0 Å². The van der Waals surface area contributed by atoms with Gasteiger partial charge in [-0.25, -0.2) is 9.97 Å². The monoisotopic (exact) mass is 222 g/mol. The van der Waals surface area contributed by atoms with Gasteiger partial charge in [0.2, 0.25) is 0 Å². The molecule has 0 radical (unpaired) electrons. The lowest BCUT2D eigenvalue weighted by atomic mass is 10.1. The van der Waals surface area contributed by atoms with Crippen molar-refractivity contribution in [2.75, 3.05) is 26.5 Å². The van der Waals surface area contributed by atoms with Crippen molar-refractivity contribution in [3.05, 3.63) is 17.6 Å². The van der Waals surface area contributed by atoms with Crippen LogP contribution in [-0.2, 0) is 13.0 Å². The standard InChI is InChI=1S/C12H22N4/c1-9(2)6-10-7-11(13-3)15-12(14-10)8-16(4)5/h7,9H,6,8H2,1-5H3,(H,13,14,15). The van der Waals surface area contributed by atoms with Crippen LogP contribution in [0.4, 0.5) is 5.82 Å². The summed E-state index contributed by atoms with van der Waals surface area (Å²) in [6.45, 7) is 5.18. The Morgan fingerprint density at radius 3 is 2.50 bits per heavy atom. The lowest BCUT2D eigenvalue weighted by molar-refractivity contribution is 0.389. The summed E-state index contributed by atoms with van der Waals surface area (Å²) < 4.78 is 0. The van der Waals surface area contributed by atoms with Crippen LogP contribution in [0.25, 0.3) is 0 Å². The average molecular weight is 222 g/mol. The Hall–Kier alpha value is -1.16. The number of anilines is 1. The first-order valence-corrected chi connectivity index (χ1v) is 5.70. The lowest BCUT2D eigenvalue weighted by Gasteiger charge is -2.12. The zero-order chi connectivity index (χ0) is 12.1. The first kappa shape index (κ1) is 12.9. The summed E-state index contributed by atoms with van der Waals surface area (Å²) in [4.78, 5) is 11.1. The summed E-state index contributed by atoms with van der Waals surface area (Å²) in [6, 6.07) is 2.03. The number of rotatable bonds is 5. The highest BCUT2D eigenvalue weighted by Crippen LogP contribution is 2.11. The van der Waals surface area contributed by atoms with Gasteiger partial charge in [-0.15, -0.1) is 0 Å². The van der Waals surface area contributed by atoms with Crippen molar-refractivity contribution in [2.45, 2.75) is 26.8 Å². The van der Waals surface area contributed by atoms with Crippen molar-refractivity contribution in [1.29, 1.82) is 0 Å². The van der Waals surface area contributed by atoms with Crippen molar-refractivity contribution in [1.82, 2.24) is 14.9 Å². The molecule has 0 aromatic carbocycles. The predicted molar refractivity (Wildman–Crippen MR) is 67.5 cm³/mol. The fraction of sp³-hybridized carbons (Fsp3) is 0.667. The Morgan fingerprint density at radius 1 is 1.31 bits per heavy atom. The van der Waals surface area contributed by atoms with E-state index >= 15 is 0 Å². The number of nitrogens with one attached hydrogen (secondary N) is 1. The van der Waals surface area contributed by atoms with E-state index in [1.807, 2.05) is 27.2 Å². The lowest BCUT2D eigenvalue weighted by Crippen LogP contribution is -2.15. The Kier molecular flexibility index (Phi) is 4.68. The van der Waals surface area contributed by atoms with Gasteiger partial charge in [-0.3, -0.25) is 0 Å². The first-order chi connectivity index (χ1) is 7.51. The molecule has 0 fully saturated rings. The number of aromatic nitrogens is 2. The third-order valence-corrected chi connectivity index (χ3v) is 2.16. The quantitative estimate of drug-likeness (QED) is 0.824. The predicted octanol–water partition coefficient (Wildman–Crippen LogP) is 1.78. The van der Waals surface area contributed by atoms with Crippen LogP contribution in [0, 0.1) is 5.92 Å². The Balaban J connectivity index is 2.91. The van der Waals surface area contributed by atoms with E-state index in [0.29, 0.717) is 5.92 Å². The van der Waals surface area contributed by atoms with Gasteiger partial charge in [0.25, 0.3) is 0 Å². The van der Waals surface area contributed by atoms with Gasteiger partial charge in [-0.2, -0.15) is 0 Å². The van der Waals surface area contributed by atoms with E-state index in [-0.39, 0.29) is 0 Å². The Bertz CT molecular complexity index is 306. The molecule has 0 amide bonds. The van der Waals surface area contributed by atoms with Crippen LogP contribution in [0.3, 0.4) is 0 Å². The molecule has 90 valence electrons. The maximum absolute atomic E-state index is 4.57. The maximum Gasteiger partial charge on any atom is 0.144 e. The van der Waals surface area contributed by atoms with Crippen molar-refractivity contribution in [3.63, 3.8) is 0 Å². The Labute approximate surface area is 98.1 Å². The molecule has 0 saturated carbocycles. The second-order valence-corrected chi connectivity index (χ2v) is 4.75. The van der Waals surface area contributed by atoms with Crippen molar-refractivity contribution >= 4 is 5.82 Å². The van der Waals surface area contributed by atoms with Gasteiger partial charge in [-0.1, -0.05) is 13.8 Å². The molecule has 1 aromatic rings. The van der Waals surface area contributed by atoms with Crippen molar-refractivity contribution in [3.8, 4) is 0 Å². The molecule has 0 bridgehead atoms. The van der Waals surface area contributed by atoms with Crippen LogP contribution in [0.1, 0.15) is 25.4 Å². The van der Waals surface area contributed by atoms with Gasteiger partial charge < -0.3 is 10.2 Å². The second kappa shape index (κ2) is 5.80. The highest BCUT2D eigenvalue weighted by Gasteiger charge is 2.06. The molecule has 0 spiro atoms. The van der Waals surface area contributed by atoms with Crippen LogP contribution in [0.2, 0.25) is 0 Å². The van der Waals surface area contributed by atoms with Crippen LogP contribution in [0.15, 0.2) is 6.07 Å². The minimum Gasteiger partial charge on any atom is -0.373 e. The summed E-state index contributed by atoms with van der Waals surface area (Å²) in [7, 11) is 5.94. The Morgan fingerprint density at radius 2 is 2.00 bits per heavy atom. The fourth-order valence-electron chi connectivity index (χ4n) is 1.56. The molecule has 1 heterocycles. The van der Waals surface area contributed by atoms with Gasteiger partial charge in [0.15, 0.2) is 0 Å². The number of nitrogens with zero attached hydrogens (tertiary/aromatic N) is 3. The third-order valence-electron chi connectivity index (χ3n) is 2.16. The maximum atomic E-state index is 4.57. The highest BCUT2D eigenvalue weighted by molar-refractivity contribution is 5.35. The molecule has 1 rings (SSSR count). The second-order valence-electron chi connectivity index (χ2n) is 4.75. The number of hydrogen-bond donors (Lipinski definition) is 1. The first-order valence-electron chi connectivity index (χ1n) is 5.70. The minimum atomic E-state index is 0.617. The normalized spacial score (nSPS) is 11.2. The topological polar surface area (TPSA) is 41.1 Å². The van der Waals surface area contributed by atoms with Gasteiger partial charge >= 0.3 is 0 Å². The molecule has 0 aliphatic heterocycles. The SMILES string of the molecule is CNc1cc(CC(C)C)nc(CN(C)C)n1. The molecule has 1 N–H and O–H groups in total. The largest absolute Gasteiger partial charge is 0.373 e. The van der Waals surface area contributed by atoms with Gasteiger partial charge in [0.1, 0.15) is 11.6 Å². The molecule has 0 unspecified atom stereocenters. The van der Waals surface area contributed by atoms with E-state index in [4.69, 9.17) is 0 Å². The third kappa shape index (κ3) is 4.14. The van der Waals surface area contributed by atoms with Crippen LogP contribution < -0.4 is 5.32 Å². The van der Waals surface area contributed by atoms with E-state index in [2.05, 4.69) is 34.0 Å². The number of hydrogen-bond acceptors (Lipinski definition) is 4. The zero-order valence-corrected chi connectivity index (χ0v) is 10.9. The molecule has 0 saturated heterocycles. The molecule has 1 aromatic heterocycles. The molecule has 0 aliphatic carbocycles. The highest BCUT2D eigenvalue weighted by atomic mass is 15.1. The van der Waals surface area contributed by atoms with E-state index in [1.54, 1.807) is 0 Å². The van der Waals surface area contributed by atoms with E-state index < -0.39 is 0 Å².